The number of likely N-dealkylation sites (tertiary alicyclic amines) is 1. The molecule has 1 aromatic rings. The maximum atomic E-state index is 6.17. The molecule has 0 spiro atoms. The van der Waals surface area contributed by atoms with Gasteiger partial charge in [-0.25, -0.2) is 0 Å². The van der Waals surface area contributed by atoms with Gasteiger partial charge in [0, 0.05) is 30.3 Å². The van der Waals surface area contributed by atoms with E-state index >= 15 is 0 Å². The second kappa shape index (κ2) is 11.8. The van der Waals surface area contributed by atoms with Gasteiger partial charge in [0.2, 0.25) is 0 Å². The predicted molar refractivity (Wildman–Crippen MR) is 115 cm³/mol. The van der Waals surface area contributed by atoms with Gasteiger partial charge in [0.15, 0.2) is 5.96 Å². The fourth-order valence-corrected chi connectivity index (χ4v) is 3.71. The SMILES string of the molecule is COc1ccccc1SCC(C)CN=C(N)N1CCCCCC1.I. The number of halogens is 1. The number of ether oxygens (including phenoxy) is 1. The van der Waals surface area contributed by atoms with Gasteiger partial charge in [-0.05, 0) is 30.9 Å². The fraction of sp³-hybridized carbons (Fsp3) is 0.611. The van der Waals surface area contributed by atoms with Gasteiger partial charge in [-0.3, -0.25) is 4.99 Å². The normalized spacial score (nSPS) is 16.9. The number of nitrogens with two attached hydrogens (primary N) is 1. The van der Waals surface area contributed by atoms with Crippen molar-refractivity contribution in [2.24, 2.45) is 16.6 Å². The molecule has 136 valence electrons. The molecule has 0 radical (unpaired) electrons. The third-order valence-corrected chi connectivity index (χ3v) is 5.47. The van der Waals surface area contributed by atoms with E-state index in [4.69, 9.17) is 10.5 Å². The zero-order valence-electron chi connectivity index (χ0n) is 14.7. The van der Waals surface area contributed by atoms with Crippen LogP contribution in [0.25, 0.3) is 0 Å². The van der Waals surface area contributed by atoms with Crippen LogP contribution in [0.2, 0.25) is 0 Å². The van der Waals surface area contributed by atoms with Crippen LogP contribution >= 0.6 is 35.7 Å². The maximum Gasteiger partial charge on any atom is 0.191 e. The van der Waals surface area contributed by atoms with Gasteiger partial charge < -0.3 is 15.4 Å². The summed E-state index contributed by atoms with van der Waals surface area (Å²) in [6.07, 6.45) is 5.09. The average molecular weight is 463 g/mol. The first-order valence-electron chi connectivity index (χ1n) is 8.51. The summed E-state index contributed by atoms with van der Waals surface area (Å²) < 4.78 is 5.39. The first-order valence-corrected chi connectivity index (χ1v) is 9.50. The Hall–Kier alpha value is -0.630. The van der Waals surface area contributed by atoms with Crippen molar-refractivity contribution in [3.05, 3.63) is 24.3 Å². The summed E-state index contributed by atoms with van der Waals surface area (Å²) in [5.41, 5.74) is 6.17. The van der Waals surface area contributed by atoms with E-state index in [9.17, 15) is 0 Å². The number of benzene rings is 1. The minimum atomic E-state index is 0. The number of rotatable bonds is 6. The van der Waals surface area contributed by atoms with Crippen molar-refractivity contribution >= 4 is 41.7 Å². The molecule has 1 heterocycles. The Bertz CT molecular complexity index is 505. The Labute approximate surface area is 167 Å². The highest BCUT2D eigenvalue weighted by molar-refractivity contribution is 14.0. The van der Waals surface area contributed by atoms with Crippen molar-refractivity contribution < 1.29 is 4.74 Å². The summed E-state index contributed by atoms with van der Waals surface area (Å²) in [7, 11) is 1.72. The number of para-hydroxylation sites is 1. The lowest BCUT2D eigenvalue weighted by molar-refractivity contribution is 0.405. The van der Waals surface area contributed by atoms with Crippen LogP contribution in [0.3, 0.4) is 0 Å². The van der Waals surface area contributed by atoms with Crippen molar-refractivity contribution in [2.75, 3.05) is 32.5 Å². The topological polar surface area (TPSA) is 50.9 Å². The lowest BCUT2D eigenvalue weighted by Gasteiger charge is -2.21. The molecule has 1 saturated heterocycles. The molecule has 4 nitrogen and oxygen atoms in total. The number of thioether (sulfide) groups is 1. The van der Waals surface area contributed by atoms with Crippen LogP contribution in [0, 0.1) is 5.92 Å². The molecule has 0 aliphatic carbocycles. The van der Waals surface area contributed by atoms with Crippen LogP contribution in [0.15, 0.2) is 34.2 Å². The number of guanidine groups is 1. The minimum Gasteiger partial charge on any atom is -0.496 e. The van der Waals surface area contributed by atoms with E-state index in [0.717, 1.165) is 37.1 Å². The number of nitrogens with zero attached hydrogens (tertiary/aromatic N) is 2. The average Bonchev–Trinajstić information content (AvgIpc) is 2.87. The number of aliphatic imine (C=N–C) groups is 1. The molecule has 1 aliphatic heterocycles. The van der Waals surface area contributed by atoms with Gasteiger partial charge in [-0.2, -0.15) is 0 Å². The molecule has 1 aromatic carbocycles. The standard InChI is InChI=1S/C18H29N3OS.HI/c1-15(14-23-17-10-6-5-9-16(17)22-2)13-20-18(19)21-11-7-3-4-8-12-21;/h5-6,9-10,15H,3-4,7-8,11-14H2,1-2H3,(H2,19,20);1H. The maximum absolute atomic E-state index is 6.17. The van der Waals surface area contributed by atoms with E-state index in [-0.39, 0.29) is 24.0 Å². The van der Waals surface area contributed by atoms with Crippen LogP contribution in [0.4, 0.5) is 0 Å². The summed E-state index contributed by atoms with van der Waals surface area (Å²) >= 11 is 1.82. The summed E-state index contributed by atoms with van der Waals surface area (Å²) in [6.45, 7) is 5.12. The smallest absolute Gasteiger partial charge is 0.191 e. The molecular weight excluding hydrogens is 433 g/mol. The van der Waals surface area contributed by atoms with E-state index in [0.29, 0.717) is 5.92 Å². The van der Waals surface area contributed by atoms with E-state index in [1.165, 1.54) is 30.6 Å². The molecule has 1 fully saturated rings. The van der Waals surface area contributed by atoms with Gasteiger partial charge in [0.05, 0.1) is 7.11 Å². The highest BCUT2D eigenvalue weighted by Crippen LogP contribution is 2.30. The van der Waals surface area contributed by atoms with Crippen molar-refractivity contribution in [2.45, 2.75) is 37.5 Å². The highest BCUT2D eigenvalue weighted by Gasteiger charge is 2.12. The molecule has 2 rings (SSSR count). The van der Waals surface area contributed by atoms with Gasteiger partial charge in [0.25, 0.3) is 0 Å². The summed E-state index contributed by atoms with van der Waals surface area (Å²) in [5, 5.41) is 0. The molecule has 0 bridgehead atoms. The molecular formula is C18H30IN3OS. The zero-order chi connectivity index (χ0) is 16.5. The number of hydrogen-bond acceptors (Lipinski definition) is 3. The fourth-order valence-electron chi connectivity index (χ4n) is 2.67. The largest absolute Gasteiger partial charge is 0.496 e. The van der Waals surface area contributed by atoms with Crippen molar-refractivity contribution in [1.29, 1.82) is 0 Å². The van der Waals surface area contributed by atoms with Crippen molar-refractivity contribution in [1.82, 2.24) is 4.90 Å². The van der Waals surface area contributed by atoms with E-state index in [1.54, 1.807) is 7.11 Å². The molecule has 2 N–H and O–H groups in total. The lowest BCUT2D eigenvalue weighted by atomic mass is 10.2. The molecule has 0 amide bonds. The summed E-state index contributed by atoms with van der Waals surface area (Å²) in [4.78, 5) is 8.05. The third kappa shape index (κ3) is 7.09. The molecule has 1 atom stereocenters. The van der Waals surface area contributed by atoms with Crippen molar-refractivity contribution in [3.8, 4) is 5.75 Å². The quantitative estimate of drug-likeness (QED) is 0.297. The van der Waals surface area contributed by atoms with Crippen LogP contribution in [-0.2, 0) is 0 Å². The highest BCUT2D eigenvalue weighted by atomic mass is 127. The Kier molecular flexibility index (Phi) is 10.6. The lowest BCUT2D eigenvalue weighted by Crippen LogP contribution is -2.38. The van der Waals surface area contributed by atoms with E-state index in [2.05, 4.69) is 22.9 Å². The summed E-state index contributed by atoms with van der Waals surface area (Å²) in [5.74, 6) is 3.16. The molecule has 24 heavy (non-hydrogen) atoms. The third-order valence-electron chi connectivity index (χ3n) is 4.09. The Morgan fingerprint density at radius 1 is 1.25 bits per heavy atom. The van der Waals surface area contributed by atoms with E-state index in [1.807, 2.05) is 30.0 Å². The van der Waals surface area contributed by atoms with Crippen molar-refractivity contribution in [3.63, 3.8) is 0 Å². The molecule has 6 heteroatoms. The Balaban J connectivity index is 0.00000288. The summed E-state index contributed by atoms with van der Waals surface area (Å²) in [6, 6.07) is 8.15. The first-order chi connectivity index (χ1) is 11.2. The second-order valence-electron chi connectivity index (χ2n) is 6.17. The monoisotopic (exact) mass is 463 g/mol. The first kappa shape index (κ1) is 21.4. The van der Waals surface area contributed by atoms with E-state index < -0.39 is 0 Å². The number of methoxy groups -OCH3 is 1. The molecule has 0 aromatic heterocycles. The number of hydrogen-bond donors (Lipinski definition) is 1. The predicted octanol–water partition coefficient (Wildman–Crippen LogP) is 4.23. The minimum absolute atomic E-state index is 0. The molecule has 0 saturated carbocycles. The molecule has 1 unspecified atom stereocenters. The van der Waals surface area contributed by atoms with Crippen LogP contribution in [0.5, 0.6) is 5.75 Å². The Morgan fingerprint density at radius 3 is 2.58 bits per heavy atom. The van der Waals surface area contributed by atoms with Gasteiger partial charge in [-0.1, -0.05) is 31.9 Å². The van der Waals surface area contributed by atoms with Gasteiger partial charge in [-0.15, -0.1) is 35.7 Å². The molecule has 1 aliphatic rings. The van der Waals surface area contributed by atoms with Crippen LogP contribution in [-0.4, -0.2) is 43.4 Å². The zero-order valence-corrected chi connectivity index (χ0v) is 17.9. The van der Waals surface area contributed by atoms with Gasteiger partial charge in [0.1, 0.15) is 5.75 Å². The van der Waals surface area contributed by atoms with Crippen LogP contribution < -0.4 is 10.5 Å². The van der Waals surface area contributed by atoms with Crippen LogP contribution in [0.1, 0.15) is 32.6 Å². The van der Waals surface area contributed by atoms with Gasteiger partial charge >= 0.3 is 0 Å². The second-order valence-corrected chi connectivity index (χ2v) is 7.23. The Morgan fingerprint density at radius 2 is 1.92 bits per heavy atom.